The van der Waals surface area contributed by atoms with Gasteiger partial charge in [-0.2, -0.15) is 0 Å². The largest absolute Gasteiger partial charge is 0.481 e. The Morgan fingerprint density at radius 2 is 1.96 bits per heavy atom. The number of nitrogens with one attached hydrogen (secondary N) is 2. The number of hydrogen-bond donors (Lipinski definition) is 3. The van der Waals surface area contributed by atoms with Crippen LogP contribution < -0.4 is 10.6 Å². The fourth-order valence-electron chi connectivity index (χ4n) is 3.21. The van der Waals surface area contributed by atoms with Crippen LogP contribution in [0.5, 0.6) is 0 Å². The smallest absolute Gasteiger partial charge is 0.318 e. The molecule has 2 aliphatic heterocycles. The molecule has 2 heterocycles. The highest BCUT2D eigenvalue weighted by atomic mass is 16.5. The summed E-state index contributed by atoms with van der Waals surface area (Å²) in [5.41, 5.74) is -0.975. The van der Waals surface area contributed by atoms with E-state index in [1.54, 1.807) is 0 Å². The highest BCUT2D eigenvalue weighted by Crippen LogP contribution is 2.30. The van der Waals surface area contributed by atoms with Gasteiger partial charge in [-0.05, 0) is 39.5 Å². The molecule has 0 aromatic carbocycles. The Balaban J connectivity index is 1.95. The van der Waals surface area contributed by atoms with Crippen molar-refractivity contribution < 1.29 is 24.2 Å². The molecule has 0 aromatic rings. The fourth-order valence-corrected chi connectivity index (χ4v) is 3.21. The third kappa shape index (κ3) is 4.17. The van der Waals surface area contributed by atoms with E-state index < -0.39 is 17.4 Å². The highest BCUT2D eigenvalue weighted by molar-refractivity contribution is 5.88. The maximum absolute atomic E-state index is 12.5. The second kappa shape index (κ2) is 7.83. The molecule has 0 aromatic heterocycles. The molecule has 24 heavy (non-hydrogen) atoms. The minimum atomic E-state index is -0.975. The minimum absolute atomic E-state index is 0.000621. The van der Waals surface area contributed by atoms with Gasteiger partial charge in [-0.1, -0.05) is 0 Å². The molecule has 0 radical (unpaired) electrons. The number of carboxylic acids is 1. The number of amides is 3. The summed E-state index contributed by atoms with van der Waals surface area (Å²) in [7, 11) is 0. The van der Waals surface area contributed by atoms with E-state index in [9.17, 15) is 19.5 Å². The molecule has 2 aliphatic rings. The molecular formula is C16H27N3O5. The van der Waals surface area contributed by atoms with Gasteiger partial charge in [-0.25, -0.2) is 4.79 Å². The van der Waals surface area contributed by atoms with Crippen molar-refractivity contribution in [3.63, 3.8) is 0 Å². The average molecular weight is 341 g/mol. The van der Waals surface area contributed by atoms with Gasteiger partial charge in [0.1, 0.15) is 6.04 Å². The van der Waals surface area contributed by atoms with Crippen molar-refractivity contribution >= 4 is 17.9 Å². The molecule has 0 bridgehead atoms. The van der Waals surface area contributed by atoms with E-state index in [2.05, 4.69) is 10.6 Å². The summed E-state index contributed by atoms with van der Waals surface area (Å²) < 4.78 is 5.23. The van der Waals surface area contributed by atoms with Crippen molar-refractivity contribution in [2.24, 2.45) is 5.41 Å². The Bertz CT molecular complexity index is 488. The van der Waals surface area contributed by atoms with Gasteiger partial charge in [0.05, 0.1) is 5.41 Å². The first-order valence-electron chi connectivity index (χ1n) is 8.52. The van der Waals surface area contributed by atoms with Crippen LogP contribution in [0.2, 0.25) is 0 Å². The van der Waals surface area contributed by atoms with Gasteiger partial charge in [-0.15, -0.1) is 0 Å². The quantitative estimate of drug-likeness (QED) is 0.677. The summed E-state index contributed by atoms with van der Waals surface area (Å²) >= 11 is 0. The number of carboxylic acid groups (broad SMARTS) is 1. The molecule has 8 heteroatoms. The molecule has 136 valence electrons. The summed E-state index contributed by atoms with van der Waals surface area (Å²) in [4.78, 5) is 37.8. The van der Waals surface area contributed by atoms with E-state index in [1.165, 1.54) is 4.90 Å². The molecule has 2 fully saturated rings. The molecule has 3 N–H and O–H groups in total. The number of rotatable bonds is 5. The third-order valence-corrected chi connectivity index (χ3v) is 4.73. The fraction of sp³-hybridized carbons (Fsp3) is 0.812. The van der Waals surface area contributed by atoms with E-state index in [0.717, 1.165) is 6.42 Å². The SMILES string of the molecule is CC(C)NC(=O)N1CCC[C@H]1C(=O)NCC1(C(=O)O)CCOCC1. The Morgan fingerprint density at radius 1 is 1.29 bits per heavy atom. The zero-order valence-corrected chi connectivity index (χ0v) is 14.3. The molecule has 0 unspecified atom stereocenters. The predicted molar refractivity (Wildman–Crippen MR) is 86.5 cm³/mol. The van der Waals surface area contributed by atoms with Crippen molar-refractivity contribution in [2.75, 3.05) is 26.3 Å². The van der Waals surface area contributed by atoms with Crippen molar-refractivity contribution in [3.05, 3.63) is 0 Å². The highest BCUT2D eigenvalue weighted by Gasteiger charge is 2.42. The van der Waals surface area contributed by atoms with Crippen molar-refractivity contribution in [2.45, 2.75) is 51.6 Å². The summed E-state index contributed by atoms with van der Waals surface area (Å²) in [6.07, 6.45) is 2.12. The number of urea groups is 1. The Kier molecular flexibility index (Phi) is 6.04. The standard InChI is InChI=1S/C16H27N3O5/c1-11(2)18-15(23)19-7-3-4-12(19)13(20)17-10-16(14(21)22)5-8-24-9-6-16/h11-12H,3-10H2,1-2H3,(H,17,20)(H,18,23)(H,21,22)/t12-/m0/s1. The summed E-state index contributed by atoms with van der Waals surface area (Å²) in [5.74, 6) is -1.19. The lowest BCUT2D eigenvalue weighted by Crippen LogP contribution is -2.53. The van der Waals surface area contributed by atoms with Gasteiger partial charge in [0, 0.05) is 32.3 Å². The van der Waals surface area contributed by atoms with Crippen LogP contribution in [0.25, 0.3) is 0 Å². The first-order valence-corrected chi connectivity index (χ1v) is 8.52. The maximum Gasteiger partial charge on any atom is 0.318 e. The van der Waals surface area contributed by atoms with Crippen LogP contribution in [0.15, 0.2) is 0 Å². The topological polar surface area (TPSA) is 108 Å². The molecule has 0 saturated carbocycles. The molecule has 0 spiro atoms. The van der Waals surface area contributed by atoms with E-state index in [-0.39, 0.29) is 24.5 Å². The number of aliphatic carboxylic acids is 1. The number of carbonyl (C=O) groups excluding carboxylic acids is 2. The second-order valence-corrected chi connectivity index (χ2v) is 6.87. The van der Waals surface area contributed by atoms with Crippen LogP contribution in [-0.4, -0.2) is 66.3 Å². The van der Waals surface area contributed by atoms with Crippen molar-refractivity contribution in [1.82, 2.24) is 15.5 Å². The lowest BCUT2D eigenvalue weighted by Gasteiger charge is -2.34. The van der Waals surface area contributed by atoms with Crippen LogP contribution in [0, 0.1) is 5.41 Å². The van der Waals surface area contributed by atoms with Gasteiger partial charge >= 0.3 is 12.0 Å². The van der Waals surface area contributed by atoms with Gasteiger partial charge in [-0.3, -0.25) is 9.59 Å². The van der Waals surface area contributed by atoms with E-state index in [4.69, 9.17) is 4.74 Å². The zero-order chi connectivity index (χ0) is 17.7. The van der Waals surface area contributed by atoms with Gasteiger partial charge in [0.25, 0.3) is 0 Å². The molecule has 2 saturated heterocycles. The Labute approximate surface area is 141 Å². The average Bonchev–Trinajstić information content (AvgIpc) is 3.02. The number of likely N-dealkylation sites (tertiary alicyclic amines) is 1. The number of hydrogen-bond acceptors (Lipinski definition) is 4. The third-order valence-electron chi connectivity index (χ3n) is 4.73. The number of nitrogens with zero attached hydrogens (tertiary/aromatic N) is 1. The molecule has 8 nitrogen and oxygen atoms in total. The van der Waals surface area contributed by atoms with Crippen LogP contribution in [0.3, 0.4) is 0 Å². The Hall–Kier alpha value is -1.83. The summed E-state index contributed by atoms with van der Waals surface area (Å²) in [6.45, 7) is 5.11. The monoisotopic (exact) mass is 341 g/mol. The molecule has 2 rings (SSSR count). The predicted octanol–water partition coefficient (Wildman–Crippen LogP) is 0.566. The van der Waals surface area contributed by atoms with Gasteiger partial charge in [0.2, 0.25) is 5.91 Å². The van der Waals surface area contributed by atoms with E-state index >= 15 is 0 Å². The summed E-state index contributed by atoms with van der Waals surface area (Å²) in [6, 6.07) is -0.782. The Morgan fingerprint density at radius 3 is 2.54 bits per heavy atom. The van der Waals surface area contributed by atoms with Crippen molar-refractivity contribution in [1.29, 1.82) is 0 Å². The normalized spacial score (nSPS) is 23.1. The summed E-state index contributed by atoms with van der Waals surface area (Å²) in [5, 5.41) is 15.1. The maximum atomic E-state index is 12.5. The molecule has 0 aliphatic carbocycles. The van der Waals surface area contributed by atoms with Gasteiger partial charge in [0.15, 0.2) is 0 Å². The van der Waals surface area contributed by atoms with E-state index in [0.29, 0.717) is 39.0 Å². The molecular weight excluding hydrogens is 314 g/mol. The van der Waals surface area contributed by atoms with Gasteiger partial charge < -0.3 is 25.4 Å². The van der Waals surface area contributed by atoms with Crippen molar-refractivity contribution in [3.8, 4) is 0 Å². The first kappa shape index (κ1) is 18.5. The lowest BCUT2D eigenvalue weighted by atomic mass is 9.80. The van der Waals surface area contributed by atoms with Crippen LogP contribution in [-0.2, 0) is 14.3 Å². The zero-order valence-electron chi connectivity index (χ0n) is 14.3. The molecule has 3 amide bonds. The first-order chi connectivity index (χ1) is 11.4. The number of ether oxygens (including phenoxy) is 1. The van der Waals surface area contributed by atoms with E-state index in [1.807, 2.05) is 13.8 Å². The second-order valence-electron chi connectivity index (χ2n) is 6.87. The van der Waals surface area contributed by atoms with Crippen LogP contribution >= 0.6 is 0 Å². The number of carbonyl (C=O) groups is 3. The minimum Gasteiger partial charge on any atom is -0.481 e. The van der Waals surface area contributed by atoms with Crippen LogP contribution in [0.1, 0.15) is 39.5 Å². The van der Waals surface area contributed by atoms with Crippen LogP contribution in [0.4, 0.5) is 4.79 Å². The molecule has 1 atom stereocenters. The lowest BCUT2D eigenvalue weighted by molar-refractivity contribution is -0.154.